The number of hydrogen-bond donors (Lipinski definition) is 1. The van der Waals surface area contributed by atoms with Gasteiger partial charge in [0.2, 0.25) is 0 Å². The lowest BCUT2D eigenvalue weighted by Gasteiger charge is -1.97. The predicted molar refractivity (Wildman–Crippen MR) is 54.5 cm³/mol. The Morgan fingerprint density at radius 3 is 2.31 bits per heavy atom. The van der Waals surface area contributed by atoms with Crippen LogP contribution in [0.5, 0.6) is 0 Å². The molecule has 0 aromatic rings. The molecule has 0 aliphatic heterocycles. The fraction of sp³-hybridized carbons (Fsp3) is 0.545. The maximum atomic E-state index is 10.8. The molecule has 74 valence electrons. The van der Waals surface area contributed by atoms with Crippen molar-refractivity contribution in [3.63, 3.8) is 0 Å². The molecule has 0 rings (SSSR count). The molecular formula is C11H18O2. The Hall–Kier alpha value is -0.890. The van der Waals surface area contributed by atoms with Gasteiger partial charge in [-0.3, -0.25) is 4.79 Å². The van der Waals surface area contributed by atoms with Crippen molar-refractivity contribution in [2.24, 2.45) is 0 Å². The average molecular weight is 182 g/mol. The van der Waals surface area contributed by atoms with E-state index in [1.807, 2.05) is 19.9 Å². The van der Waals surface area contributed by atoms with Gasteiger partial charge in [0.25, 0.3) is 0 Å². The van der Waals surface area contributed by atoms with Crippen molar-refractivity contribution in [3.8, 4) is 0 Å². The maximum Gasteiger partial charge on any atom is 0.155 e. The Labute approximate surface area is 80.0 Å². The third-order valence-electron chi connectivity index (χ3n) is 1.98. The van der Waals surface area contributed by atoms with E-state index in [1.54, 1.807) is 13.0 Å². The van der Waals surface area contributed by atoms with Crippen LogP contribution < -0.4 is 0 Å². The maximum absolute atomic E-state index is 10.8. The van der Waals surface area contributed by atoms with Crippen molar-refractivity contribution >= 4 is 5.78 Å². The number of carbonyl (C=O) groups is 1. The zero-order valence-electron chi connectivity index (χ0n) is 8.63. The van der Waals surface area contributed by atoms with Crippen molar-refractivity contribution in [1.29, 1.82) is 0 Å². The van der Waals surface area contributed by atoms with Crippen LogP contribution in [0.3, 0.4) is 0 Å². The SMILES string of the molecule is CC(=O)C(C)=CCCC(C)=CCO. The number of carbonyl (C=O) groups excluding carboxylic acids is 1. The van der Waals surface area contributed by atoms with Gasteiger partial charge < -0.3 is 5.11 Å². The topological polar surface area (TPSA) is 37.3 Å². The molecule has 0 aromatic heterocycles. The molecule has 0 bridgehead atoms. The quantitative estimate of drug-likeness (QED) is 0.523. The second-order valence-corrected chi connectivity index (χ2v) is 3.22. The van der Waals surface area contributed by atoms with Gasteiger partial charge in [-0.25, -0.2) is 0 Å². The van der Waals surface area contributed by atoms with Gasteiger partial charge in [-0.1, -0.05) is 17.7 Å². The van der Waals surface area contributed by atoms with Crippen molar-refractivity contribution in [2.75, 3.05) is 6.61 Å². The van der Waals surface area contributed by atoms with E-state index < -0.39 is 0 Å². The number of aliphatic hydroxyl groups is 1. The van der Waals surface area contributed by atoms with Crippen LogP contribution in [0.25, 0.3) is 0 Å². The molecule has 0 fully saturated rings. The summed E-state index contributed by atoms with van der Waals surface area (Å²) in [7, 11) is 0. The molecule has 0 aromatic carbocycles. The van der Waals surface area contributed by atoms with E-state index in [4.69, 9.17) is 5.11 Å². The molecule has 0 amide bonds. The number of allylic oxidation sites excluding steroid dienone is 3. The minimum atomic E-state index is 0.0985. The molecular weight excluding hydrogens is 164 g/mol. The van der Waals surface area contributed by atoms with Crippen molar-refractivity contribution in [1.82, 2.24) is 0 Å². The highest BCUT2D eigenvalue weighted by atomic mass is 16.2. The van der Waals surface area contributed by atoms with E-state index in [0.717, 1.165) is 24.0 Å². The number of Topliss-reactive ketones (excluding diaryl/α,β-unsaturated/α-hetero) is 1. The van der Waals surface area contributed by atoms with Gasteiger partial charge >= 0.3 is 0 Å². The normalized spacial score (nSPS) is 13.2. The highest BCUT2D eigenvalue weighted by Crippen LogP contribution is 2.06. The minimum absolute atomic E-state index is 0.0985. The van der Waals surface area contributed by atoms with E-state index in [9.17, 15) is 4.79 Å². The molecule has 0 unspecified atom stereocenters. The predicted octanol–water partition coefficient (Wildman–Crippen LogP) is 2.24. The fourth-order valence-corrected chi connectivity index (χ4v) is 0.918. The van der Waals surface area contributed by atoms with Gasteiger partial charge in [0.05, 0.1) is 6.61 Å². The van der Waals surface area contributed by atoms with Crippen LogP contribution in [0.15, 0.2) is 23.3 Å². The molecule has 1 N–H and O–H groups in total. The zero-order valence-corrected chi connectivity index (χ0v) is 8.63. The van der Waals surface area contributed by atoms with Gasteiger partial charge in [-0.05, 0) is 39.2 Å². The minimum Gasteiger partial charge on any atom is -0.392 e. The molecule has 0 heterocycles. The number of rotatable bonds is 5. The van der Waals surface area contributed by atoms with E-state index in [2.05, 4.69) is 0 Å². The van der Waals surface area contributed by atoms with Crippen LogP contribution in [0.4, 0.5) is 0 Å². The average Bonchev–Trinajstić information content (AvgIpc) is 2.04. The third-order valence-corrected chi connectivity index (χ3v) is 1.98. The number of hydrogen-bond acceptors (Lipinski definition) is 2. The molecule has 0 atom stereocenters. The first kappa shape index (κ1) is 12.1. The monoisotopic (exact) mass is 182 g/mol. The first-order valence-electron chi connectivity index (χ1n) is 4.52. The lowest BCUT2D eigenvalue weighted by molar-refractivity contribution is -0.113. The molecule has 0 aliphatic carbocycles. The van der Waals surface area contributed by atoms with E-state index in [1.165, 1.54) is 0 Å². The van der Waals surface area contributed by atoms with Crippen LogP contribution in [0.2, 0.25) is 0 Å². The third kappa shape index (κ3) is 6.29. The molecule has 0 aliphatic rings. The first-order chi connectivity index (χ1) is 6.07. The summed E-state index contributed by atoms with van der Waals surface area (Å²) in [4.78, 5) is 10.8. The first-order valence-corrected chi connectivity index (χ1v) is 4.52. The second-order valence-electron chi connectivity index (χ2n) is 3.22. The summed E-state index contributed by atoms with van der Waals surface area (Å²) in [6, 6.07) is 0. The summed E-state index contributed by atoms with van der Waals surface area (Å²) in [5.74, 6) is 0.129. The van der Waals surface area contributed by atoms with Gasteiger partial charge in [0, 0.05) is 0 Å². The fourth-order valence-electron chi connectivity index (χ4n) is 0.918. The summed E-state index contributed by atoms with van der Waals surface area (Å²) in [6.07, 6.45) is 5.51. The van der Waals surface area contributed by atoms with E-state index >= 15 is 0 Å². The van der Waals surface area contributed by atoms with E-state index in [0.29, 0.717) is 0 Å². The van der Waals surface area contributed by atoms with E-state index in [-0.39, 0.29) is 12.4 Å². The summed E-state index contributed by atoms with van der Waals surface area (Å²) < 4.78 is 0. The Morgan fingerprint density at radius 2 is 1.85 bits per heavy atom. The molecule has 0 radical (unpaired) electrons. The smallest absolute Gasteiger partial charge is 0.155 e. The van der Waals surface area contributed by atoms with Crippen molar-refractivity contribution < 1.29 is 9.90 Å². The molecule has 0 saturated carbocycles. The Balaban J connectivity index is 3.85. The summed E-state index contributed by atoms with van der Waals surface area (Å²) >= 11 is 0. The van der Waals surface area contributed by atoms with Crippen LogP contribution in [-0.4, -0.2) is 17.5 Å². The molecule has 0 saturated heterocycles. The van der Waals surface area contributed by atoms with Crippen LogP contribution in [-0.2, 0) is 4.79 Å². The Kier molecular flexibility index (Phi) is 6.15. The molecule has 0 spiro atoms. The van der Waals surface area contributed by atoms with Crippen LogP contribution >= 0.6 is 0 Å². The Bertz CT molecular complexity index is 224. The number of aliphatic hydroxyl groups excluding tert-OH is 1. The highest BCUT2D eigenvalue weighted by molar-refractivity contribution is 5.92. The highest BCUT2D eigenvalue weighted by Gasteiger charge is 1.94. The molecule has 13 heavy (non-hydrogen) atoms. The van der Waals surface area contributed by atoms with Crippen LogP contribution in [0, 0.1) is 0 Å². The zero-order chi connectivity index (χ0) is 10.3. The summed E-state index contributed by atoms with van der Waals surface area (Å²) in [5, 5.41) is 8.59. The molecule has 2 nitrogen and oxygen atoms in total. The van der Waals surface area contributed by atoms with Gasteiger partial charge in [-0.2, -0.15) is 0 Å². The second kappa shape index (κ2) is 6.61. The van der Waals surface area contributed by atoms with Gasteiger partial charge in [0.15, 0.2) is 5.78 Å². The Morgan fingerprint density at radius 1 is 1.23 bits per heavy atom. The summed E-state index contributed by atoms with van der Waals surface area (Å²) in [5.41, 5.74) is 1.98. The van der Waals surface area contributed by atoms with Gasteiger partial charge in [-0.15, -0.1) is 0 Å². The lowest BCUT2D eigenvalue weighted by Crippen LogP contribution is -1.91. The van der Waals surface area contributed by atoms with Crippen molar-refractivity contribution in [2.45, 2.75) is 33.6 Å². The largest absolute Gasteiger partial charge is 0.392 e. The summed E-state index contributed by atoms with van der Waals surface area (Å²) in [6.45, 7) is 5.48. The number of ketones is 1. The standard InChI is InChI=1S/C11H18O2/c1-9(7-8-12)5-4-6-10(2)11(3)13/h6-7,12H,4-5,8H2,1-3H3. The molecule has 2 heteroatoms. The van der Waals surface area contributed by atoms with Gasteiger partial charge in [0.1, 0.15) is 0 Å². The lowest BCUT2D eigenvalue weighted by atomic mass is 10.1. The van der Waals surface area contributed by atoms with Crippen molar-refractivity contribution in [3.05, 3.63) is 23.3 Å². The van der Waals surface area contributed by atoms with Crippen LogP contribution in [0.1, 0.15) is 33.6 Å².